The van der Waals surface area contributed by atoms with Gasteiger partial charge in [0.15, 0.2) is 0 Å². The first-order valence-electron chi connectivity index (χ1n) is 15.7. The predicted molar refractivity (Wildman–Crippen MR) is 173 cm³/mol. The minimum absolute atomic E-state index is 0.927. The third-order valence-electron chi connectivity index (χ3n) is 8.94. The molecule has 0 amide bonds. The summed E-state index contributed by atoms with van der Waals surface area (Å²) >= 11 is 0. The van der Waals surface area contributed by atoms with Crippen LogP contribution in [0.15, 0.2) is 24.3 Å². The van der Waals surface area contributed by atoms with Crippen molar-refractivity contribution in [3.8, 4) is 0 Å². The zero-order valence-electron chi connectivity index (χ0n) is 25.9. The SMILES string of the molecule is CCC1=C(CC)c2cc3[nH]c(cc4[nH]c(cc4CC)c(CC)c4nc(cc1n2)C(CC)=C4CC)c(CC)c3CC. The van der Waals surface area contributed by atoms with E-state index in [1.165, 1.54) is 66.6 Å². The molecule has 210 valence electrons. The molecule has 40 heavy (non-hydrogen) atoms. The normalized spacial score (nSPS) is 13.6. The molecule has 3 aromatic rings. The van der Waals surface area contributed by atoms with Gasteiger partial charge in [-0.15, -0.1) is 0 Å². The van der Waals surface area contributed by atoms with Crippen LogP contribution in [-0.2, 0) is 25.7 Å². The van der Waals surface area contributed by atoms with Crippen LogP contribution < -0.4 is 0 Å². The molecular formula is C36H46N4. The molecule has 0 atom stereocenters. The highest BCUT2D eigenvalue weighted by molar-refractivity contribution is 5.97. The first-order chi connectivity index (χ1) is 19.5. The van der Waals surface area contributed by atoms with Gasteiger partial charge in [0, 0.05) is 27.6 Å². The van der Waals surface area contributed by atoms with Gasteiger partial charge >= 0.3 is 0 Å². The Morgan fingerprint density at radius 3 is 1.45 bits per heavy atom. The number of allylic oxidation sites excluding steroid dienone is 4. The van der Waals surface area contributed by atoms with Crippen molar-refractivity contribution in [1.29, 1.82) is 0 Å². The first kappa shape index (κ1) is 28.1. The van der Waals surface area contributed by atoms with Gasteiger partial charge in [-0.05, 0) is 115 Å². The molecule has 0 aromatic carbocycles. The van der Waals surface area contributed by atoms with Gasteiger partial charge in [-0.3, -0.25) is 0 Å². The van der Waals surface area contributed by atoms with Gasteiger partial charge in [0.2, 0.25) is 0 Å². The van der Waals surface area contributed by atoms with Crippen LogP contribution in [0.25, 0.3) is 44.4 Å². The molecule has 4 nitrogen and oxygen atoms in total. The highest BCUT2D eigenvalue weighted by atomic mass is 14.8. The number of rotatable bonds is 8. The molecule has 0 unspecified atom stereocenters. The van der Waals surface area contributed by atoms with E-state index >= 15 is 0 Å². The van der Waals surface area contributed by atoms with Crippen LogP contribution in [0.4, 0.5) is 0 Å². The minimum Gasteiger partial charge on any atom is -0.355 e. The van der Waals surface area contributed by atoms with Crippen molar-refractivity contribution < 1.29 is 0 Å². The number of nitrogens with zero attached hydrogens (tertiary/aromatic N) is 2. The van der Waals surface area contributed by atoms with Crippen LogP contribution in [0.5, 0.6) is 0 Å². The second kappa shape index (κ2) is 11.6. The van der Waals surface area contributed by atoms with Crippen molar-refractivity contribution in [2.45, 2.75) is 107 Å². The predicted octanol–water partition coefficient (Wildman–Crippen LogP) is 10.0. The van der Waals surface area contributed by atoms with Crippen molar-refractivity contribution in [2.75, 3.05) is 0 Å². The van der Waals surface area contributed by atoms with E-state index in [0.29, 0.717) is 0 Å². The average molecular weight is 535 g/mol. The fourth-order valence-electron chi connectivity index (χ4n) is 6.97. The smallest absolute Gasteiger partial charge is 0.0725 e. The van der Waals surface area contributed by atoms with Crippen molar-refractivity contribution in [3.63, 3.8) is 0 Å². The molecule has 0 spiro atoms. The van der Waals surface area contributed by atoms with Gasteiger partial charge in [0.05, 0.1) is 22.8 Å². The second-order valence-electron chi connectivity index (χ2n) is 10.9. The molecule has 2 N–H and O–H groups in total. The molecule has 2 aliphatic rings. The largest absolute Gasteiger partial charge is 0.355 e. The molecule has 4 heteroatoms. The number of hydrogen-bond donors (Lipinski definition) is 2. The van der Waals surface area contributed by atoms with Crippen molar-refractivity contribution >= 4 is 44.4 Å². The van der Waals surface area contributed by atoms with Gasteiger partial charge < -0.3 is 9.97 Å². The Balaban J connectivity index is 2.04. The van der Waals surface area contributed by atoms with E-state index in [4.69, 9.17) is 9.97 Å². The highest BCUT2D eigenvalue weighted by Crippen LogP contribution is 2.40. The van der Waals surface area contributed by atoms with Crippen molar-refractivity contribution in [1.82, 2.24) is 19.9 Å². The fourth-order valence-corrected chi connectivity index (χ4v) is 6.97. The number of aromatic nitrogens is 4. The van der Waals surface area contributed by atoms with E-state index in [9.17, 15) is 0 Å². The van der Waals surface area contributed by atoms with Crippen LogP contribution in [0.3, 0.4) is 0 Å². The second-order valence-corrected chi connectivity index (χ2v) is 10.9. The van der Waals surface area contributed by atoms with E-state index in [-0.39, 0.29) is 0 Å². The zero-order chi connectivity index (χ0) is 28.6. The summed E-state index contributed by atoms with van der Waals surface area (Å²) in [6.07, 6.45) is 7.77. The maximum atomic E-state index is 5.37. The maximum absolute atomic E-state index is 5.37. The van der Waals surface area contributed by atoms with Gasteiger partial charge in [-0.25, -0.2) is 9.97 Å². The summed E-state index contributed by atoms with van der Waals surface area (Å²) in [6.45, 7) is 18.1. The molecule has 0 radical (unpaired) electrons. The lowest BCUT2D eigenvalue weighted by Gasteiger charge is -2.06. The highest BCUT2D eigenvalue weighted by Gasteiger charge is 2.23. The average Bonchev–Trinajstić information content (AvgIpc) is 3.70. The summed E-state index contributed by atoms with van der Waals surface area (Å²) in [7, 11) is 0. The van der Waals surface area contributed by atoms with Crippen LogP contribution >= 0.6 is 0 Å². The topological polar surface area (TPSA) is 57.4 Å². The molecule has 8 bridgehead atoms. The van der Waals surface area contributed by atoms with Crippen molar-refractivity contribution in [2.24, 2.45) is 0 Å². The maximum Gasteiger partial charge on any atom is 0.0725 e. The summed E-state index contributed by atoms with van der Waals surface area (Å²) in [6, 6.07) is 9.29. The summed E-state index contributed by atoms with van der Waals surface area (Å²) in [5, 5.41) is 0. The Bertz CT molecular complexity index is 1670. The van der Waals surface area contributed by atoms with E-state index in [0.717, 1.165) is 74.1 Å². The molecule has 0 saturated carbocycles. The summed E-state index contributed by atoms with van der Waals surface area (Å²) < 4.78 is 0. The third-order valence-corrected chi connectivity index (χ3v) is 8.94. The first-order valence-corrected chi connectivity index (χ1v) is 15.7. The van der Waals surface area contributed by atoms with E-state index in [2.05, 4.69) is 89.6 Å². The number of H-pyrrole nitrogens is 2. The number of nitrogens with one attached hydrogen (secondary N) is 2. The molecule has 5 heterocycles. The third kappa shape index (κ3) is 4.56. The molecule has 3 aromatic heterocycles. The fraction of sp³-hybridized carbons (Fsp3) is 0.444. The Morgan fingerprint density at radius 2 is 0.900 bits per heavy atom. The van der Waals surface area contributed by atoms with Gasteiger partial charge in [0.25, 0.3) is 0 Å². The molecule has 0 fully saturated rings. The molecule has 0 saturated heterocycles. The summed E-state index contributed by atoms with van der Waals surface area (Å²) in [5.74, 6) is 0. The number of hydrogen-bond acceptors (Lipinski definition) is 2. The van der Waals surface area contributed by atoms with E-state index in [1.807, 2.05) is 0 Å². The Morgan fingerprint density at radius 1 is 0.425 bits per heavy atom. The Hall–Kier alpha value is -3.40. The van der Waals surface area contributed by atoms with Gasteiger partial charge in [-0.1, -0.05) is 55.4 Å². The molecular weight excluding hydrogens is 488 g/mol. The standard InChI is InChI=1S/C36H46N4/c1-9-21-17-30-28(16-8)36-27(15-7)26(14-6)35(40-36)20-34-25(13-5)24(12-4)33(39-34)19-32-23(11-3)22(10-2)31(38-32)18-29(21)37-30/h17-20,37-38H,9-16H2,1-8H3. The van der Waals surface area contributed by atoms with Crippen LogP contribution in [-0.4, -0.2) is 19.9 Å². The van der Waals surface area contributed by atoms with Crippen LogP contribution in [0.1, 0.15) is 126 Å². The quantitative estimate of drug-likeness (QED) is 0.302. The van der Waals surface area contributed by atoms with Gasteiger partial charge in [0.1, 0.15) is 0 Å². The Labute approximate surface area is 240 Å². The lowest BCUT2D eigenvalue weighted by atomic mass is 9.96. The molecule has 2 aliphatic heterocycles. The van der Waals surface area contributed by atoms with Crippen molar-refractivity contribution in [3.05, 3.63) is 69.3 Å². The van der Waals surface area contributed by atoms with Gasteiger partial charge in [-0.2, -0.15) is 0 Å². The van der Waals surface area contributed by atoms with E-state index < -0.39 is 0 Å². The van der Waals surface area contributed by atoms with E-state index in [1.54, 1.807) is 0 Å². The molecule has 0 aliphatic carbocycles. The Kier molecular flexibility index (Phi) is 8.16. The monoisotopic (exact) mass is 534 g/mol. The number of fused-ring (bicyclic) bond motifs is 8. The molecule has 5 rings (SSSR count). The lowest BCUT2D eigenvalue weighted by molar-refractivity contribution is 1.07. The van der Waals surface area contributed by atoms with Crippen LogP contribution in [0, 0.1) is 0 Å². The lowest BCUT2D eigenvalue weighted by Crippen LogP contribution is -1.91. The minimum atomic E-state index is 0.927. The number of aromatic amines is 2. The summed E-state index contributed by atoms with van der Waals surface area (Å²) in [5.41, 5.74) is 20.2. The zero-order valence-corrected chi connectivity index (χ0v) is 25.9. The number of aryl methyl sites for hydroxylation is 4. The summed E-state index contributed by atoms with van der Waals surface area (Å²) in [4.78, 5) is 18.3. The van der Waals surface area contributed by atoms with Crippen LogP contribution in [0.2, 0.25) is 0 Å².